The molecule has 0 bridgehead atoms. The molecule has 0 aliphatic carbocycles. The molecule has 1 heterocycles. The average Bonchev–Trinajstić information content (AvgIpc) is 2.97. The number of ether oxygens (including phenoxy) is 1. The number of methoxy groups -OCH3 is 1. The van der Waals surface area contributed by atoms with Gasteiger partial charge >= 0.3 is 12.0 Å². The highest BCUT2D eigenvalue weighted by molar-refractivity contribution is 5.77. The normalized spacial score (nSPS) is 17.6. The van der Waals surface area contributed by atoms with Crippen LogP contribution in [0.25, 0.3) is 0 Å². The summed E-state index contributed by atoms with van der Waals surface area (Å²) >= 11 is 0. The lowest BCUT2D eigenvalue weighted by molar-refractivity contribution is -0.141. The van der Waals surface area contributed by atoms with Crippen LogP contribution >= 0.6 is 0 Å². The quantitative estimate of drug-likeness (QED) is 0.916. The molecule has 1 aromatic carbocycles. The van der Waals surface area contributed by atoms with E-state index in [9.17, 15) is 9.59 Å². The number of carboxylic acid groups (broad SMARTS) is 1. The van der Waals surface area contributed by atoms with E-state index in [2.05, 4.69) is 0 Å². The Balaban J connectivity index is 1.92. The Morgan fingerprint density at radius 3 is 2.57 bits per heavy atom. The number of likely N-dealkylation sites (tertiary alicyclic amines) is 1. The number of nitrogens with zero attached hydrogens (tertiary/aromatic N) is 2. The molecular weight excluding hydrogens is 272 g/mol. The summed E-state index contributed by atoms with van der Waals surface area (Å²) in [4.78, 5) is 26.4. The van der Waals surface area contributed by atoms with Crippen molar-refractivity contribution in [2.45, 2.75) is 13.0 Å². The Morgan fingerprint density at radius 1 is 1.38 bits per heavy atom. The van der Waals surface area contributed by atoms with Crippen LogP contribution in [0, 0.1) is 5.92 Å². The third kappa shape index (κ3) is 3.65. The second-order valence-corrected chi connectivity index (χ2v) is 5.26. The molecule has 0 radical (unpaired) electrons. The van der Waals surface area contributed by atoms with Crippen molar-refractivity contribution >= 4 is 12.0 Å². The van der Waals surface area contributed by atoms with Gasteiger partial charge in [-0.15, -0.1) is 0 Å². The van der Waals surface area contributed by atoms with Crippen LogP contribution in [0.1, 0.15) is 12.0 Å². The van der Waals surface area contributed by atoms with E-state index in [0.717, 1.165) is 11.3 Å². The molecule has 1 saturated heterocycles. The van der Waals surface area contributed by atoms with Gasteiger partial charge in [-0.1, -0.05) is 12.1 Å². The van der Waals surface area contributed by atoms with E-state index in [-0.39, 0.29) is 6.03 Å². The molecule has 1 unspecified atom stereocenters. The molecule has 0 spiro atoms. The Kier molecular flexibility index (Phi) is 4.67. The predicted molar refractivity (Wildman–Crippen MR) is 77.2 cm³/mol. The number of amides is 2. The van der Waals surface area contributed by atoms with Crippen LogP contribution in [0.4, 0.5) is 4.79 Å². The Morgan fingerprint density at radius 2 is 2.05 bits per heavy atom. The minimum absolute atomic E-state index is 0.130. The molecule has 1 aliphatic rings. The molecule has 0 aromatic heterocycles. The number of hydrogen-bond acceptors (Lipinski definition) is 3. The van der Waals surface area contributed by atoms with Gasteiger partial charge in [0, 0.05) is 26.7 Å². The molecular formula is C15H20N2O4. The van der Waals surface area contributed by atoms with Gasteiger partial charge in [0.1, 0.15) is 5.75 Å². The molecule has 0 saturated carbocycles. The number of urea groups is 1. The molecule has 2 rings (SSSR count). The van der Waals surface area contributed by atoms with E-state index in [0.29, 0.717) is 26.1 Å². The van der Waals surface area contributed by atoms with Gasteiger partial charge in [-0.05, 0) is 24.1 Å². The molecule has 1 aromatic rings. The van der Waals surface area contributed by atoms with E-state index in [4.69, 9.17) is 9.84 Å². The first-order valence-electron chi connectivity index (χ1n) is 6.87. The van der Waals surface area contributed by atoms with Crippen LogP contribution in [-0.4, -0.2) is 54.2 Å². The number of carboxylic acids is 1. The van der Waals surface area contributed by atoms with Gasteiger partial charge in [-0.2, -0.15) is 0 Å². The van der Waals surface area contributed by atoms with Crippen LogP contribution in [0.15, 0.2) is 24.3 Å². The zero-order chi connectivity index (χ0) is 15.4. The molecule has 114 valence electrons. The van der Waals surface area contributed by atoms with Crippen LogP contribution in [0.2, 0.25) is 0 Å². The monoisotopic (exact) mass is 292 g/mol. The molecule has 2 amide bonds. The summed E-state index contributed by atoms with van der Waals surface area (Å²) in [6.45, 7) is 1.28. The number of rotatable bonds is 4. The van der Waals surface area contributed by atoms with Crippen molar-refractivity contribution in [2.75, 3.05) is 27.2 Å². The van der Waals surface area contributed by atoms with Gasteiger partial charge in [0.2, 0.25) is 0 Å². The van der Waals surface area contributed by atoms with E-state index in [1.165, 1.54) is 0 Å². The number of carbonyl (C=O) groups is 2. The van der Waals surface area contributed by atoms with E-state index in [1.807, 2.05) is 24.3 Å². The topological polar surface area (TPSA) is 70.1 Å². The summed E-state index contributed by atoms with van der Waals surface area (Å²) in [5.74, 6) is -0.497. The molecule has 21 heavy (non-hydrogen) atoms. The fourth-order valence-electron chi connectivity index (χ4n) is 2.45. The highest BCUT2D eigenvalue weighted by Crippen LogP contribution is 2.19. The molecule has 1 atom stereocenters. The van der Waals surface area contributed by atoms with Gasteiger partial charge in [0.25, 0.3) is 0 Å². The maximum Gasteiger partial charge on any atom is 0.320 e. The van der Waals surface area contributed by atoms with Crippen molar-refractivity contribution in [1.82, 2.24) is 9.80 Å². The fourth-order valence-corrected chi connectivity index (χ4v) is 2.45. The van der Waals surface area contributed by atoms with Crippen molar-refractivity contribution in [3.05, 3.63) is 29.8 Å². The van der Waals surface area contributed by atoms with E-state index in [1.54, 1.807) is 24.0 Å². The SMILES string of the molecule is COc1ccc(CN(C)C(=O)N2CCC(C(=O)O)C2)cc1. The summed E-state index contributed by atoms with van der Waals surface area (Å²) in [5.41, 5.74) is 1.00. The highest BCUT2D eigenvalue weighted by atomic mass is 16.5. The van der Waals surface area contributed by atoms with Gasteiger partial charge in [0.05, 0.1) is 13.0 Å². The molecule has 1 fully saturated rings. The summed E-state index contributed by atoms with van der Waals surface area (Å²) in [7, 11) is 3.33. The van der Waals surface area contributed by atoms with Gasteiger partial charge < -0.3 is 19.6 Å². The summed E-state index contributed by atoms with van der Waals surface area (Å²) in [6, 6.07) is 7.39. The summed E-state index contributed by atoms with van der Waals surface area (Å²) in [6.07, 6.45) is 0.525. The lowest BCUT2D eigenvalue weighted by Gasteiger charge is -2.24. The minimum atomic E-state index is -0.830. The maximum absolute atomic E-state index is 12.3. The Bertz CT molecular complexity index is 515. The minimum Gasteiger partial charge on any atom is -0.497 e. The summed E-state index contributed by atoms with van der Waals surface area (Å²) in [5, 5.41) is 8.97. The molecule has 6 nitrogen and oxygen atoms in total. The number of carbonyl (C=O) groups excluding carboxylic acids is 1. The zero-order valence-corrected chi connectivity index (χ0v) is 12.3. The van der Waals surface area contributed by atoms with Gasteiger partial charge in [-0.3, -0.25) is 4.79 Å². The van der Waals surface area contributed by atoms with Gasteiger partial charge in [-0.25, -0.2) is 4.79 Å². The number of benzene rings is 1. The highest BCUT2D eigenvalue weighted by Gasteiger charge is 2.32. The van der Waals surface area contributed by atoms with Crippen molar-refractivity contribution in [3.8, 4) is 5.75 Å². The lowest BCUT2D eigenvalue weighted by Crippen LogP contribution is -2.39. The molecule has 1 N–H and O–H groups in total. The van der Waals surface area contributed by atoms with Crippen LogP contribution < -0.4 is 4.74 Å². The van der Waals surface area contributed by atoms with Crippen LogP contribution in [-0.2, 0) is 11.3 Å². The fraction of sp³-hybridized carbons (Fsp3) is 0.467. The first-order valence-corrected chi connectivity index (χ1v) is 6.87. The smallest absolute Gasteiger partial charge is 0.320 e. The Hall–Kier alpha value is -2.24. The number of aliphatic carboxylic acids is 1. The van der Waals surface area contributed by atoms with Crippen molar-refractivity contribution in [1.29, 1.82) is 0 Å². The van der Waals surface area contributed by atoms with E-state index < -0.39 is 11.9 Å². The van der Waals surface area contributed by atoms with Crippen LogP contribution in [0.3, 0.4) is 0 Å². The largest absolute Gasteiger partial charge is 0.497 e. The first kappa shape index (κ1) is 15.2. The average molecular weight is 292 g/mol. The Labute approximate surface area is 123 Å². The van der Waals surface area contributed by atoms with Crippen molar-refractivity contribution in [2.24, 2.45) is 5.92 Å². The van der Waals surface area contributed by atoms with E-state index >= 15 is 0 Å². The lowest BCUT2D eigenvalue weighted by atomic mass is 10.1. The number of hydrogen-bond donors (Lipinski definition) is 1. The predicted octanol–water partition coefficient (Wildman–Crippen LogP) is 1.65. The molecule has 6 heteroatoms. The van der Waals surface area contributed by atoms with Crippen molar-refractivity contribution < 1.29 is 19.4 Å². The third-order valence-corrected chi connectivity index (χ3v) is 3.71. The standard InChI is InChI=1S/C15H20N2O4/c1-16(9-11-3-5-13(21-2)6-4-11)15(20)17-8-7-12(10-17)14(18)19/h3-6,12H,7-10H2,1-2H3,(H,18,19). The van der Waals surface area contributed by atoms with Crippen LogP contribution in [0.5, 0.6) is 5.75 Å². The molecule has 1 aliphatic heterocycles. The first-order chi connectivity index (χ1) is 10.0. The third-order valence-electron chi connectivity index (χ3n) is 3.71. The summed E-state index contributed by atoms with van der Waals surface area (Å²) < 4.78 is 5.09. The van der Waals surface area contributed by atoms with Gasteiger partial charge in [0.15, 0.2) is 0 Å². The second kappa shape index (κ2) is 6.47. The maximum atomic E-state index is 12.3. The van der Waals surface area contributed by atoms with Crippen molar-refractivity contribution in [3.63, 3.8) is 0 Å². The zero-order valence-electron chi connectivity index (χ0n) is 12.3. The second-order valence-electron chi connectivity index (χ2n) is 5.26.